The first-order chi connectivity index (χ1) is 12.8. The summed E-state index contributed by atoms with van der Waals surface area (Å²) in [5.41, 5.74) is -0.644. The van der Waals surface area contributed by atoms with Crippen molar-refractivity contribution in [2.24, 2.45) is 20.0 Å². The van der Waals surface area contributed by atoms with Crippen molar-refractivity contribution in [3.05, 3.63) is 43.8 Å². The Morgan fingerprint density at radius 1 is 1.30 bits per heavy atom. The van der Waals surface area contributed by atoms with Crippen LogP contribution in [0.4, 0.5) is 5.82 Å². The first-order valence-electron chi connectivity index (χ1n) is 8.59. The van der Waals surface area contributed by atoms with E-state index in [1.807, 2.05) is 4.90 Å². The summed E-state index contributed by atoms with van der Waals surface area (Å²) in [7, 11) is 4.46. The van der Waals surface area contributed by atoms with Crippen molar-refractivity contribution >= 4 is 17.4 Å². The molecule has 1 unspecified atom stereocenters. The Morgan fingerprint density at radius 2 is 1.96 bits per heavy atom. The van der Waals surface area contributed by atoms with Crippen molar-refractivity contribution in [2.45, 2.75) is 18.9 Å². The lowest BCUT2D eigenvalue weighted by atomic mass is 9.88. The second-order valence-electron chi connectivity index (χ2n) is 6.64. The third-order valence-electron chi connectivity index (χ3n) is 4.96. The number of aromatic nitrogens is 4. The van der Waals surface area contributed by atoms with Gasteiger partial charge < -0.3 is 19.3 Å². The molecule has 3 rings (SSSR count). The van der Waals surface area contributed by atoms with Crippen molar-refractivity contribution < 1.29 is 9.84 Å². The van der Waals surface area contributed by atoms with Crippen LogP contribution in [0.3, 0.4) is 0 Å². The van der Waals surface area contributed by atoms with Crippen LogP contribution in [0.15, 0.2) is 22.0 Å². The molecule has 0 saturated carbocycles. The van der Waals surface area contributed by atoms with Crippen molar-refractivity contribution in [2.75, 3.05) is 25.1 Å². The number of methoxy groups -OCH3 is 1. The molecule has 2 aromatic heterocycles. The lowest BCUT2D eigenvalue weighted by Gasteiger charge is -2.35. The first kappa shape index (κ1) is 19.4. The molecule has 1 aliphatic heterocycles. The second-order valence-corrected chi connectivity index (χ2v) is 7.05. The zero-order valence-corrected chi connectivity index (χ0v) is 16.2. The summed E-state index contributed by atoms with van der Waals surface area (Å²) in [6, 6.07) is 0.241. The van der Waals surface area contributed by atoms with Gasteiger partial charge in [0, 0.05) is 33.4 Å². The van der Waals surface area contributed by atoms with Gasteiger partial charge in [0.05, 0.1) is 25.0 Å². The van der Waals surface area contributed by atoms with E-state index in [1.165, 1.54) is 31.1 Å². The maximum absolute atomic E-state index is 12.4. The highest BCUT2D eigenvalue weighted by molar-refractivity contribution is 6.32. The summed E-state index contributed by atoms with van der Waals surface area (Å²) in [4.78, 5) is 34.5. The number of rotatable bonds is 4. The van der Waals surface area contributed by atoms with Gasteiger partial charge in [0.2, 0.25) is 0 Å². The van der Waals surface area contributed by atoms with Crippen molar-refractivity contribution in [3.63, 3.8) is 0 Å². The monoisotopic (exact) mass is 395 g/mol. The maximum Gasteiger partial charge on any atom is 0.330 e. The summed E-state index contributed by atoms with van der Waals surface area (Å²) < 4.78 is 7.37. The molecule has 1 N–H and O–H groups in total. The number of aliphatic hydroxyl groups excluding tert-OH is 1. The van der Waals surface area contributed by atoms with Crippen molar-refractivity contribution in [1.82, 2.24) is 19.1 Å². The van der Waals surface area contributed by atoms with Gasteiger partial charge in [0.15, 0.2) is 5.82 Å². The lowest BCUT2D eigenvalue weighted by molar-refractivity contribution is 0.0903. The van der Waals surface area contributed by atoms with E-state index in [1.54, 1.807) is 7.05 Å². The highest BCUT2D eigenvalue weighted by Gasteiger charge is 2.30. The van der Waals surface area contributed by atoms with Gasteiger partial charge in [-0.1, -0.05) is 11.6 Å². The molecule has 1 fully saturated rings. The zero-order valence-electron chi connectivity index (χ0n) is 15.4. The summed E-state index contributed by atoms with van der Waals surface area (Å²) in [5.74, 6) is 0.489. The predicted molar refractivity (Wildman–Crippen MR) is 100 cm³/mol. The Hall–Kier alpha value is -2.39. The molecule has 0 radical (unpaired) electrons. The summed E-state index contributed by atoms with van der Waals surface area (Å²) in [5, 5.41) is 11.2. The van der Waals surface area contributed by atoms with E-state index in [0.717, 1.165) is 4.57 Å². The molecule has 0 aliphatic carbocycles. The molecule has 0 aromatic carbocycles. The average Bonchev–Trinajstić information content (AvgIpc) is 2.69. The van der Waals surface area contributed by atoms with Crippen molar-refractivity contribution in [1.29, 1.82) is 0 Å². The van der Waals surface area contributed by atoms with Crippen LogP contribution >= 0.6 is 11.6 Å². The lowest BCUT2D eigenvalue weighted by Crippen LogP contribution is -2.41. The molecule has 146 valence electrons. The fourth-order valence-corrected chi connectivity index (χ4v) is 3.59. The number of ether oxygens (including phenoxy) is 1. The molecule has 10 heteroatoms. The Bertz CT molecular complexity index is 949. The number of hydrogen-bond acceptors (Lipinski definition) is 7. The van der Waals surface area contributed by atoms with Crippen LogP contribution in [0.2, 0.25) is 5.02 Å². The molecule has 1 saturated heterocycles. The molecule has 2 aromatic rings. The number of piperidine rings is 1. The van der Waals surface area contributed by atoms with Gasteiger partial charge in [-0.25, -0.2) is 9.78 Å². The first-order valence-corrected chi connectivity index (χ1v) is 8.97. The maximum atomic E-state index is 12.4. The van der Waals surface area contributed by atoms with Gasteiger partial charge in [-0.05, 0) is 18.8 Å². The van der Waals surface area contributed by atoms with E-state index >= 15 is 0 Å². The SMILES string of the molecule is COc1ncc(Cl)c(N2CCC(C(O)c3cn(C)c(=O)n(C)c3=O)CC2)n1. The third kappa shape index (κ3) is 3.70. The Labute approximate surface area is 160 Å². The minimum atomic E-state index is -0.937. The normalized spacial score (nSPS) is 16.4. The number of hydrogen-bond donors (Lipinski definition) is 1. The standard InChI is InChI=1S/C17H22ClN5O4/c1-21-9-11(15(25)22(2)17(21)26)13(24)10-4-6-23(7-5-10)14-12(18)8-19-16(20-14)27-3/h8-10,13,24H,4-7H2,1-3H3. The van der Waals surface area contributed by atoms with E-state index in [2.05, 4.69) is 9.97 Å². The quantitative estimate of drug-likeness (QED) is 0.803. The fraction of sp³-hybridized carbons (Fsp3) is 0.529. The summed E-state index contributed by atoms with van der Waals surface area (Å²) >= 11 is 6.20. The topological polar surface area (TPSA) is 102 Å². The van der Waals surface area contributed by atoms with E-state index in [4.69, 9.17) is 16.3 Å². The van der Waals surface area contributed by atoms with Crippen LogP contribution in [0.25, 0.3) is 0 Å². The van der Waals surface area contributed by atoms with Crippen LogP contribution in [0, 0.1) is 5.92 Å². The fourth-order valence-electron chi connectivity index (χ4n) is 3.38. The number of halogens is 1. The third-order valence-corrected chi connectivity index (χ3v) is 5.23. The Kier molecular flexibility index (Phi) is 5.52. The van der Waals surface area contributed by atoms with Crippen LogP contribution in [-0.4, -0.2) is 44.4 Å². The molecule has 27 heavy (non-hydrogen) atoms. The molecule has 9 nitrogen and oxygen atoms in total. The van der Waals surface area contributed by atoms with Gasteiger partial charge in [0.1, 0.15) is 5.02 Å². The zero-order chi connectivity index (χ0) is 19.7. The summed E-state index contributed by atoms with van der Waals surface area (Å²) in [6.07, 6.45) is 3.28. The van der Waals surface area contributed by atoms with Crippen LogP contribution in [-0.2, 0) is 14.1 Å². The van der Waals surface area contributed by atoms with E-state index in [-0.39, 0.29) is 17.5 Å². The number of anilines is 1. The van der Waals surface area contributed by atoms with Crippen LogP contribution in [0.5, 0.6) is 6.01 Å². The molecule has 3 heterocycles. The van der Waals surface area contributed by atoms with Gasteiger partial charge >= 0.3 is 11.7 Å². The molecule has 0 spiro atoms. The average molecular weight is 396 g/mol. The second kappa shape index (κ2) is 7.69. The highest BCUT2D eigenvalue weighted by Crippen LogP contribution is 2.33. The number of aryl methyl sites for hydroxylation is 1. The summed E-state index contributed by atoms with van der Waals surface area (Å²) in [6.45, 7) is 1.24. The molecule has 0 bridgehead atoms. The Morgan fingerprint density at radius 3 is 2.59 bits per heavy atom. The van der Waals surface area contributed by atoms with Crippen LogP contribution in [0.1, 0.15) is 24.5 Å². The largest absolute Gasteiger partial charge is 0.467 e. The minimum absolute atomic E-state index is 0.103. The molecule has 1 aliphatic rings. The van der Waals surface area contributed by atoms with E-state index < -0.39 is 17.4 Å². The van der Waals surface area contributed by atoms with Gasteiger partial charge in [-0.2, -0.15) is 4.98 Å². The predicted octanol–water partition coefficient (Wildman–Crippen LogP) is 0.486. The van der Waals surface area contributed by atoms with Crippen LogP contribution < -0.4 is 20.9 Å². The molecular weight excluding hydrogens is 374 g/mol. The van der Waals surface area contributed by atoms with E-state index in [9.17, 15) is 14.7 Å². The molecule has 1 atom stereocenters. The van der Waals surface area contributed by atoms with Gasteiger partial charge in [-0.3, -0.25) is 9.36 Å². The van der Waals surface area contributed by atoms with Gasteiger partial charge in [0.25, 0.3) is 5.56 Å². The highest BCUT2D eigenvalue weighted by atomic mass is 35.5. The minimum Gasteiger partial charge on any atom is -0.467 e. The molecule has 0 amide bonds. The smallest absolute Gasteiger partial charge is 0.330 e. The Balaban J connectivity index is 1.77. The van der Waals surface area contributed by atoms with Crippen molar-refractivity contribution in [3.8, 4) is 6.01 Å². The number of nitrogens with zero attached hydrogens (tertiary/aromatic N) is 5. The van der Waals surface area contributed by atoms with E-state index in [0.29, 0.717) is 36.8 Å². The van der Waals surface area contributed by atoms with Gasteiger partial charge in [-0.15, -0.1) is 0 Å². The number of aliphatic hydroxyl groups is 1. The molecular formula is C17H22ClN5O4.